The van der Waals surface area contributed by atoms with Gasteiger partial charge in [-0.15, -0.1) is 0 Å². The molecule has 2 amide bonds. The highest BCUT2D eigenvalue weighted by Gasteiger charge is 2.09. The van der Waals surface area contributed by atoms with Gasteiger partial charge in [-0.05, 0) is 42.0 Å². The van der Waals surface area contributed by atoms with Crippen molar-refractivity contribution in [2.24, 2.45) is 5.73 Å². The number of rotatable bonds is 6. The van der Waals surface area contributed by atoms with E-state index in [1.807, 2.05) is 24.3 Å². The van der Waals surface area contributed by atoms with Crippen LogP contribution < -0.4 is 26.8 Å². The van der Waals surface area contributed by atoms with Gasteiger partial charge >= 0.3 is 6.09 Å². The molecule has 0 fully saturated rings. The lowest BCUT2D eigenvalue weighted by molar-refractivity contribution is 0.102. The molecular weight excluding hydrogens is 414 g/mol. The lowest BCUT2D eigenvalue weighted by atomic mass is 10.1. The van der Waals surface area contributed by atoms with Crippen LogP contribution in [0.2, 0.25) is 0 Å². The molecule has 8 nitrogen and oxygen atoms in total. The number of aromatic nitrogens is 1. The number of para-hydroxylation sites is 2. The quantitative estimate of drug-likeness (QED) is 0.337. The standard InChI is InChI=1S/C22H19N5O3S/c23-16-3-1-2-4-17(16)26-20(28)14-7-5-13(6-8-14)12-25-22-27-18-10-9-15(30-21(24)29)11-19(18)31-22/h1-11H,12,23H2,(H2,24,29)(H,25,27)(H,26,28). The van der Waals surface area contributed by atoms with Crippen molar-refractivity contribution in [3.8, 4) is 5.75 Å². The first-order valence-corrected chi connectivity index (χ1v) is 10.2. The second kappa shape index (κ2) is 8.72. The van der Waals surface area contributed by atoms with E-state index in [0.29, 0.717) is 29.2 Å². The summed E-state index contributed by atoms with van der Waals surface area (Å²) in [5.74, 6) is 0.152. The zero-order valence-electron chi connectivity index (χ0n) is 16.3. The van der Waals surface area contributed by atoms with Crippen LogP contribution in [0, 0.1) is 0 Å². The van der Waals surface area contributed by atoms with Gasteiger partial charge in [0.15, 0.2) is 5.13 Å². The molecule has 3 aromatic carbocycles. The van der Waals surface area contributed by atoms with Gasteiger partial charge in [0, 0.05) is 18.2 Å². The summed E-state index contributed by atoms with van der Waals surface area (Å²) in [6.07, 6.45) is -0.855. The van der Waals surface area contributed by atoms with Gasteiger partial charge in [0.25, 0.3) is 5.91 Å². The molecular formula is C22H19N5O3S. The Bertz CT molecular complexity index is 1250. The molecule has 31 heavy (non-hydrogen) atoms. The van der Waals surface area contributed by atoms with E-state index in [-0.39, 0.29) is 5.91 Å². The predicted molar refractivity (Wildman–Crippen MR) is 122 cm³/mol. The Balaban J connectivity index is 1.38. The van der Waals surface area contributed by atoms with Gasteiger partial charge in [-0.2, -0.15) is 0 Å². The number of primary amides is 1. The van der Waals surface area contributed by atoms with Crippen LogP contribution in [-0.4, -0.2) is 17.0 Å². The van der Waals surface area contributed by atoms with E-state index in [9.17, 15) is 9.59 Å². The number of hydrogen-bond acceptors (Lipinski definition) is 7. The second-order valence-electron chi connectivity index (χ2n) is 6.66. The summed E-state index contributed by atoms with van der Waals surface area (Å²) in [6, 6.07) is 19.5. The lowest BCUT2D eigenvalue weighted by Gasteiger charge is -2.08. The Morgan fingerprint density at radius 2 is 1.81 bits per heavy atom. The molecule has 4 aromatic rings. The number of nitrogens with zero attached hydrogens (tertiary/aromatic N) is 1. The first-order chi connectivity index (χ1) is 15.0. The highest BCUT2D eigenvalue weighted by molar-refractivity contribution is 7.22. The summed E-state index contributed by atoms with van der Waals surface area (Å²) in [6.45, 7) is 0.540. The number of thiazole rings is 1. The van der Waals surface area contributed by atoms with E-state index in [4.69, 9.17) is 16.2 Å². The van der Waals surface area contributed by atoms with Crippen molar-refractivity contribution in [3.63, 3.8) is 0 Å². The Morgan fingerprint density at radius 1 is 1.03 bits per heavy atom. The molecule has 0 aliphatic carbocycles. The third kappa shape index (κ3) is 4.90. The van der Waals surface area contributed by atoms with Gasteiger partial charge in [0.1, 0.15) is 5.75 Å². The SMILES string of the molecule is NC(=O)Oc1ccc2nc(NCc3ccc(C(=O)Nc4ccccc4N)cc3)sc2c1. The second-order valence-corrected chi connectivity index (χ2v) is 7.69. The largest absolute Gasteiger partial charge is 0.410 e. The lowest BCUT2D eigenvalue weighted by Crippen LogP contribution is -2.16. The number of hydrogen-bond donors (Lipinski definition) is 4. The number of fused-ring (bicyclic) bond motifs is 1. The summed E-state index contributed by atoms with van der Waals surface area (Å²) in [5.41, 5.74) is 14.3. The van der Waals surface area contributed by atoms with Gasteiger partial charge in [-0.3, -0.25) is 4.79 Å². The third-order valence-corrected chi connectivity index (χ3v) is 5.42. The number of carbonyl (C=O) groups is 2. The first kappa shape index (κ1) is 20.2. The van der Waals surface area contributed by atoms with Gasteiger partial charge in [-0.1, -0.05) is 35.6 Å². The minimum atomic E-state index is -0.855. The van der Waals surface area contributed by atoms with E-state index >= 15 is 0 Å². The first-order valence-electron chi connectivity index (χ1n) is 9.34. The average Bonchev–Trinajstić information content (AvgIpc) is 3.16. The topological polar surface area (TPSA) is 132 Å². The Labute approximate surface area is 181 Å². The molecule has 9 heteroatoms. The zero-order valence-corrected chi connectivity index (χ0v) is 17.1. The molecule has 1 heterocycles. The van der Waals surface area contributed by atoms with Gasteiger partial charge in [0.2, 0.25) is 0 Å². The average molecular weight is 433 g/mol. The summed E-state index contributed by atoms with van der Waals surface area (Å²) in [4.78, 5) is 27.8. The maximum absolute atomic E-state index is 12.4. The maximum atomic E-state index is 12.4. The van der Waals surface area contributed by atoms with Crippen LogP contribution in [0.4, 0.5) is 21.3 Å². The highest BCUT2D eigenvalue weighted by Crippen LogP contribution is 2.29. The smallest absolute Gasteiger partial charge is 0.409 e. The van der Waals surface area contributed by atoms with Crippen LogP contribution in [0.25, 0.3) is 10.2 Å². The molecule has 0 aliphatic rings. The fourth-order valence-electron chi connectivity index (χ4n) is 2.92. The molecule has 1 aromatic heterocycles. The van der Waals surface area contributed by atoms with Crippen molar-refractivity contribution in [2.45, 2.75) is 6.54 Å². The normalized spacial score (nSPS) is 10.6. The number of carbonyl (C=O) groups excluding carboxylic acids is 2. The van der Waals surface area contributed by atoms with E-state index in [2.05, 4.69) is 15.6 Å². The molecule has 6 N–H and O–H groups in total. The van der Waals surface area contributed by atoms with Crippen LogP contribution in [0.1, 0.15) is 15.9 Å². The van der Waals surface area contributed by atoms with E-state index < -0.39 is 6.09 Å². The van der Waals surface area contributed by atoms with Gasteiger partial charge in [-0.25, -0.2) is 9.78 Å². The highest BCUT2D eigenvalue weighted by atomic mass is 32.1. The van der Waals surface area contributed by atoms with Crippen molar-refractivity contribution in [1.82, 2.24) is 4.98 Å². The summed E-state index contributed by atoms with van der Waals surface area (Å²) in [5, 5.41) is 6.80. The van der Waals surface area contributed by atoms with Crippen LogP contribution in [-0.2, 0) is 6.54 Å². The summed E-state index contributed by atoms with van der Waals surface area (Å²) >= 11 is 1.44. The maximum Gasteiger partial charge on any atom is 0.409 e. The van der Waals surface area contributed by atoms with Crippen LogP contribution >= 0.6 is 11.3 Å². The summed E-state index contributed by atoms with van der Waals surface area (Å²) in [7, 11) is 0. The van der Waals surface area contributed by atoms with E-state index in [1.165, 1.54) is 11.3 Å². The number of benzene rings is 3. The summed E-state index contributed by atoms with van der Waals surface area (Å²) < 4.78 is 5.76. The number of nitrogens with one attached hydrogen (secondary N) is 2. The number of ether oxygens (including phenoxy) is 1. The molecule has 0 saturated heterocycles. The van der Waals surface area contributed by atoms with Crippen LogP contribution in [0.5, 0.6) is 5.75 Å². The van der Waals surface area contributed by atoms with Crippen molar-refractivity contribution in [2.75, 3.05) is 16.4 Å². The fraction of sp³-hybridized carbons (Fsp3) is 0.0455. The molecule has 0 unspecified atom stereocenters. The fourth-order valence-corrected chi connectivity index (χ4v) is 3.81. The minimum absolute atomic E-state index is 0.224. The molecule has 0 bridgehead atoms. The monoisotopic (exact) mass is 433 g/mol. The molecule has 156 valence electrons. The number of anilines is 3. The van der Waals surface area contributed by atoms with E-state index in [1.54, 1.807) is 42.5 Å². The Kier molecular flexibility index (Phi) is 5.67. The molecule has 4 rings (SSSR count). The predicted octanol–water partition coefficient (Wildman–Crippen LogP) is 4.20. The van der Waals surface area contributed by atoms with Gasteiger partial charge in [0.05, 0.1) is 21.6 Å². The third-order valence-electron chi connectivity index (χ3n) is 4.45. The molecule has 0 radical (unpaired) electrons. The van der Waals surface area contributed by atoms with E-state index in [0.717, 1.165) is 20.9 Å². The van der Waals surface area contributed by atoms with Crippen molar-refractivity contribution >= 4 is 50.1 Å². The van der Waals surface area contributed by atoms with Crippen LogP contribution in [0.3, 0.4) is 0 Å². The zero-order chi connectivity index (χ0) is 21.8. The molecule has 0 aliphatic heterocycles. The Hall–Kier alpha value is -4.11. The molecule has 0 atom stereocenters. The number of nitrogen functional groups attached to an aromatic ring is 1. The van der Waals surface area contributed by atoms with Crippen molar-refractivity contribution < 1.29 is 14.3 Å². The number of nitrogens with two attached hydrogens (primary N) is 2. The van der Waals surface area contributed by atoms with Crippen molar-refractivity contribution in [1.29, 1.82) is 0 Å². The van der Waals surface area contributed by atoms with Gasteiger partial charge < -0.3 is 26.8 Å². The van der Waals surface area contributed by atoms with Crippen LogP contribution in [0.15, 0.2) is 66.7 Å². The molecule has 0 spiro atoms. The Morgan fingerprint density at radius 3 is 2.55 bits per heavy atom. The van der Waals surface area contributed by atoms with Crippen molar-refractivity contribution in [3.05, 3.63) is 77.9 Å². The number of amides is 2. The minimum Gasteiger partial charge on any atom is -0.410 e. The molecule has 0 saturated carbocycles.